The third-order valence-electron chi connectivity index (χ3n) is 3.03. The molecule has 0 fully saturated rings. The van der Waals surface area contributed by atoms with E-state index in [-0.39, 0.29) is 4.90 Å². The molecule has 0 heterocycles. The van der Waals surface area contributed by atoms with Crippen LogP contribution in [0.4, 0.5) is 61.5 Å². The van der Waals surface area contributed by atoms with Crippen LogP contribution < -0.4 is 0 Å². The first-order chi connectivity index (χ1) is 12.4. The number of amides is 1. The normalized spacial score (nSPS) is 15.9. The van der Waals surface area contributed by atoms with Crippen molar-refractivity contribution >= 4 is 23.5 Å². The zero-order chi connectivity index (χ0) is 24.0. The van der Waals surface area contributed by atoms with Crippen molar-refractivity contribution in [3.8, 4) is 0 Å². The van der Waals surface area contributed by atoms with Crippen molar-refractivity contribution in [2.75, 3.05) is 14.1 Å². The molecule has 0 saturated heterocycles. The second kappa shape index (κ2) is 7.64. The third-order valence-corrected chi connectivity index (χ3v) is 4.47. The van der Waals surface area contributed by atoms with Crippen molar-refractivity contribution in [1.29, 1.82) is 0 Å². The van der Waals surface area contributed by atoms with Crippen molar-refractivity contribution in [2.24, 2.45) is 0 Å². The zero-order valence-corrected chi connectivity index (χ0v) is 14.4. The number of ketones is 1. The molecule has 29 heavy (non-hydrogen) atoms. The van der Waals surface area contributed by atoms with Gasteiger partial charge in [-0.1, -0.05) is 11.8 Å². The summed E-state index contributed by atoms with van der Waals surface area (Å²) in [5, 5.41) is -11.1. The highest BCUT2D eigenvalue weighted by Crippen LogP contribution is 2.56. The Bertz CT molecular complexity index is 603. The van der Waals surface area contributed by atoms with Gasteiger partial charge in [0.2, 0.25) is 11.7 Å². The molecule has 3 nitrogen and oxygen atoms in total. The SMILES string of the molecule is CN(C)C(=O)C(SC(F)(C(F)(F)F)C(F)(F)F)C(=O)C(F)(C(F)(F)F)C(F)(F)F. The van der Waals surface area contributed by atoms with E-state index in [1.807, 2.05) is 0 Å². The van der Waals surface area contributed by atoms with Gasteiger partial charge < -0.3 is 4.90 Å². The van der Waals surface area contributed by atoms with Crippen LogP contribution in [0.3, 0.4) is 0 Å². The molecule has 1 atom stereocenters. The Balaban J connectivity index is 6.80. The smallest absolute Gasteiger partial charge is 0.347 e. The second-order valence-electron chi connectivity index (χ2n) is 5.34. The number of alkyl halides is 14. The maximum absolute atomic E-state index is 13.8. The minimum absolute atomic E-state index is 0.226. The summed E-state index contributed by atoms with van der Waals surface area (Å²) in [5.74, 6) is -6.71. The van der Waals surface area contributed by atoms with Crippen LogP contribution in [0.15, 0.2) is 0 Å². The molecule has 0 aliphatic heterocycles. The highest BCUT2D eigenvalue weighted by molar-refractivity contribution is 8.02. The van der Waals surface area contributed by atoms with E-state index >= 15 is 0 Å². The summed E-state index contributed by atoms with van der Waals surface area (Å²) in [7, 11) is 0.761. The van der Waals surface area contributed by atoms with E-state index in [0.29, 0.717) is 14.1 Å². The highest BCUT2D eigenvalue weighted by atomic mass is 32.2. The predicted octanol–water partition coefficient (Wildman–Crippen LogP) is 4.37. The van der Waals surface area contributed by atoms with Gasteiger partial charge in [-0.15, -0.1) is 0 Å². The van der Waals surface area contributed by atoms with Gasteiger partial charge in [0.15, 0.2) is 0 Å². The number of carbonyl (C=O) groups is 2. The Labute approximate surface area is 155 Å². The number of thioether (sulfide) groups is 1. The maximum atomic E-state index is 13.8. The number of hydrogen-bond acceptors (Lipinski definition) is 3. The van der Waals surface area contributed by atoms with Crippen LogP contribution in [-0.4, -0.2) is 71.3 Å². The summed E-state index contributed by atoms with van der Waals surface area (Å²) in [6.45, 7) is 0. The van der Waals surface area contributed by atoms with Crippen LogP contribution in [0.25, 0.3) is 0 Å². The quantitative estimate of drug-likeness (QED) is 0.431. The third kappa shape index (κ3) is 4.82. The molecule has 0 spiro atoms. The number of Topliss-reactive ketones (excluding diaryl/α,β-unsaturated/α-hetero) is 1. The van der Waals surface area contributed by atoms with Crippen molar-refractivity contribution in [1.82, 2.24) is 4.90 Å². The van der Waals surface area contributed by atoms with Crippen molar-refractivity contribution in [3.63, 3.8) is 0 Å². The highest BCUT2D eigenvalue weighted by Gasteiger charge is 2.80. The van der Waals surface area contributed by atoms with Gasteiger partial charge >= 0.3 is 35.4 Å². The molecule has 0 aliphatic carbocycles. The number of rotatable bonds is 5. The number of nitrogens with zero attached hydrogens (tertiary/aromatic N) is 1. The van der Waals surface area contributed by atoms with Crippen LogP contribution in [0, 0.1) is 0 Å². The zero-order valence-electron chi connectivity index (χ0n) is 13.5. The Hall–Kier alpha value is -1.49. The number of hydrogen-bond donors (Lipinski definition) is 0. The fourth-order valence-electron chi connectivity index (χ4n) is 1.53. The van der Waals surface area contributed by atoms with E-state index in [1.165, 1.54) is 0 Å². The molecule has 0 radical (unpaired) electrons. The fourth-order valence-corrected chi connectivity index (χ4v) is 2.70. The topological polar surface area (TPSA) is 37.4 Å². The first-order valence-corrected chi connectivity index (χ1v) is 7.32. The lowest BCUT2D eigenvalue weighted by molar-refractivity contribution is -0.324. The Kier molecular flexibility index (Phi) is 7.25. The Morgan fingerprint density at radius 2 is 0.966 bits per heavy atom. The average molecular weight is 483 g/mol. The van der Waals surface area contributed by atoms with Crippen molar-refractivity contribution in [2.45, 2.75) is 40.6 Å². The number of halogens is 14. The average Bonchev–Trinajstić information content (AvgIpc) is 2.45. The summed E-state index contributed by atoms with van der Waals surface area (Å²) in [6, 6.07) is 0. The van der Waals surface area contributed by atoms with E-state index in [2.05, 4.69) is 0 Å². The molecule has 0 aliphatic rings. The summed E-state index contributed by atoms with van der Waals surface area (Å²) in [5.41, 5.74) is -7.07. The van der Waals surface area contributed by atoms with Crippen LogP contribution in [0.2, 0.25) is 0 Å². The molecule has 0 rings (SSSR count). The van der Waals surface area contributed by atoms with Gasteiger partial charge in [0.1, 0.15) is 5.25 Å². The van der Waals surface area contributed by atoms with Gasteiger partial charge in [0.25, 0.3) is 0 Å². The second-order valence-corrected chi connectivity index (χ2v) is 6.61. The minimum Gasteiger partial charge on any atom is -0.347 e. The molecule has 0 bridgehead atoms. The van der Waals surface area contributed by atoms with E-state index in [4.69, 9.17) is 0 Å². The van der Waals surface area contributed by atoms with Crippen LogP contribution >= 0.6 is 11.8 Å². The molecule has 1 amide bonds. The van der Waals surface area contributed by atoms with Crippen molar-refractivity contribution in [3.05, 3.63) is 0 Å². The van der Waals surface area contributed by atoms with E-state index < -0.39 is 64.1 Å². The minimum atomic E-state index is -7.26. The molecule has 0 aromatic rings. The lowest BCUT2D eigenvalue weighted by atomic mass is 9.95. The van der Waals surface area contributed by atoms with Gasteiger partial charge in [0.05, 0.1) is 0 Å². The lowest BCUT2D eigenvalue weighted by Gasteiger charge is -2.35. The monoisotopic (exact) mass is 483 g/mol. The van der Waals surface area contributed by atoms with Crippen LogP contribution in [-0.2, 0) is 9.59 Å². The predicted molar refractivity (Wildman–Crippen MR) is 67.0 cm³/mol. The summed E-state index contributed by atoms with van der Waals surface area (Å²) in [6.07, 6.45) is -28.7. The fraction of sp³-hybridized carbons (Fsp3) is 0.818. The first-order valence-electron chi connectivity index (χ1n) is 6.44. The van der Waals surface area contributed by atoms with Gasteiger partial charge in [-0.3, -0.25) is 9.59 Å². The van der Waals surface area contributed by atoms with E-state index in [9.17, 15) is 71.1 Å². The molecular formula is C11H7F14NO2S. The lowest BCUT2D eigenvalue weighted by Crippen LogP contribution is -2.64. The van der Waals surface area contributed by atoms with Gasteiger partial charge in [0, 0.05) is 14.1 Å². The van der Waals surface area contributed by atoms with E-state index in [1.54, 1.807) is 0 Å². The van der Waals surface area contributed by atoms with Gasteiger partial charge in [-0.2, -0.15) is 52.7 Å². The summed E-state index contributed by atoms with van der Waals surface area (Å²) in [4.78, 5) is 22.9. The molecule has 0 saturated carbocycles. The Morgan fingerprint density at radius 1 is 0.655 bits per heavy atom. The molecule has 18 heteroatoms. The summed E-state index contributed by atoms with van der Waals surface area (Å²) < 4.78 is 178. The Morgan fingerprint density at radius 3 is 1.17 bits per heavy atom. The molecule has 0 aromatic carbocycles. The van der Waals surface area contributed by atoms with Gasteiger partial charge in [-0.25, -0.2) is 8.78 Å². The largest absolute Gasteiger partial charge is 0.441 e. The molecule has 172 valence electrons. The summed E-state index contributed by atoms with van der Waals surface area (Å²) >= 11 is -2.59. The van der Waals surface area contributed by atoms with Crippen molar-refractivity contribution < 1.29 is 71.1 Å². The molecular weight excluding hydrogens is 476 g/mol. The van der Waals surface area contributed by atoms with E-state index in [0.717, 1.165) is 0 Å². The molecule has 0 N–H and O–H groups in total. The standard InChI is InChI=1S/C11H7F14NO2S/c1-26(2)5(28)3(29-7(13,10(20,21)22)11(23,24)25)4(27)6(12,8(14,15)16)9(17,18)19/h3H,1-2H3. The van der Waals surface area contributed by atoms with Crippen LogP contribution in [0.1, 0.15) is 0 Å². The van der Waals surface area contributed by atoms with Crippen LogP contribution in [0.5, 0.6) is 0 Å². The molecule has 1 unspecified atom stereocenters. The number of carbonyl (C=O) groups excluding carboxylic acids is 2. The first kappa shape index (κ1) is 27.5. The maximum Gasteiger partial charge on any atom is 0.441 e. The molecule has 0 aromatic heterocycles. The van der Waals surface area contributed by atoms with Gasteiger partial charge in [-0.05, 0) is 0 Å².